The van der Waals surface area contributed by atoms with E-state index < -0.39 is 16.3 Å². The molecule has 0 saturated carbocycles. The monoisotopic (exact) mass is 471 g/mol. The molecule has 1 aliphatic rings. The summed E-state index contributed by atoms with van der Waals surface area (Å²) in [5.74, 6) is -0.540. The van der Waals surface area contributed by atoms with E-state index >= 15 is 0 Å². The molecule has 34 heavy (non-hydrogen) atoms. The number of fused-ring (bicyclic) bond motifs is 2. The predicted molar refractivity (Wildman–Crippen MR) is 132 cm³/mol. The highest BCUT2D eigenvalue weighted by atomic mass is 32.3. The third-order valence-corrected chi connectivity index (χ3v) is 6.64. The summed E-state index contributed by atoms with van der Waals surface area (Å²) in [4.78, 5) is 13.7. The molecule has 10 heteroatoms. The number of nitriles is 1. The van der Waals surface area contributed by atoms with Crippen LogP contribution in [0.3, 0.4) is 0 Å². The molecule has 2 heterocycles. The first-order valence-electron chi connectivity index (χ1n) is 10.0. The molecule has 0 spiro atoms. The first kappa shape index (κ1) is 21.4. The van der Waals surface area contributed by atoms with Gasteiger partial charge in [0.1, 0.15) is 16.2 Å². The van der Waals surface area contributed by atoms with Gasteiger partial charge in [0, 0.05) is 5.39 Å². The van der Waals surface area contributed by atoms with Crippen molar-refractivity contribution in [2.45, 2.75) is 4.90 Å². The van der Waals surface area contributed by atoms with Gasteiger partial charge < -0.3 is 10.4 Å². The summed E-state index contributed by atoms with van der Waals surface area (Å²) in [7, 11) is -3.60. The van der Waals surface area contributed by atoms with Crippen LogP contribution in [0.5, 0.6) is 5.75 Å². The lowest BCUT2D eigenvalue weighted by molar-refractivity contribution is 0.478. The molecule has 1 aromatic heterocycles. The van der Waals surface area contributed by atoms with Gasteiger partial charge in [-0.25, -0.2) is 0 Å². The van der Waals surface area contributed by atoms with Gasteiger partial charge in [-0.2, -0.15) is 15.0 Å². The van der Waals surface area contributed by atoms with Gasteiger partial charge in [-0.3, -0.25) is 13.9 Å². The Labute approximate surface area is 195 Å². The second-order valence-electron chi connectivity index (χ2n) is 7.42. The fraction of sp³-hybridized carbons (Fsp3) is 0. The molecular weight excluding hydrogens is 454 g/mol. The number of hydrogen-bond donors (Lipinski definition) is 4. The number of aromatic nitrogens is 1. The van der Waals surface area contributed by atoms with Gasteiger partial charge in [0.2, 0.25) is 0 Å². The van der Waals surface area contributed by atoms with Crippen molar-refractivity contribution in [3.8, 4) is 11.8 Å². The average Bonchev–Trinajstić information content (AvgIpc) is 2.84. The van der Waals surface area contributed by atoms with E-state index in [0.29, 0.717) is 27.7 Å². The molecule has 5 rings (SSSR count). The Bertz CT molecular complexity index is 1620. The fourth-order valence-electron chi connectivity index (χ4n) is 3.69. The molecular formula is C24H17N5O4S. The van der Waals surface area contributed by atoms with Crippen LogP contribution in [0, 0.1) is 11.3 Å². The minimum absolute atomic E-state index is 0.178. The van der Waals surface area contributed by atoms with Gasteiger partial charge in [0.15, 0.2) is 5.84 Å². The van der Waals surface area contributed by atoms with E-state index in [1.54, 1.807) is 66.7 Å². The van der Waals surface area contributed by atoms with Crippen molar-refractivity contribution in [2.24, 2.45) is 9.50 Å². The number of nitrogens with one attached hydrogen (secondary N) is 1. The van der Waals surface area contributed by atoms with Gasteiger partial charge in [0.05, 0.1) is 29.1 Å². The number of pyridine rings is 1. The number of rotatable bonds is 3. The standard InChI is InChI=1S/C24H17N5O4S/c25-13-15-6-5-7-16(12-15)14-26-29-19-10-3-1-8-17(19)22(30)21(24(29)31)23-27-18-9-2-4-11-20(18)34(32,33)28-23/h1-12,14,30,32-33H,(H,27,28). The number of benzene rings is 3. The number of aromatic hydroxyl groups is 1. The van der Waals surface area contributed by atoms with Crippen molar-refractivity contribution in [2.75, 3.05) is 5.32 Å². The van der Waals surface area contributed by atoms with Crippen molar-refractivity contribution in [1.29, 1.82) is 5.26 Å². The second kappa shape index (κ2) is 8.17. The second-order valence-corrected chi connectivity index (χ2v) is 9.08. The maximum atomic E-state index is 13.5. The maximum Gasteiger partial charge on any atom is 0.286 e. The number of amidine groups is 1. The predicted octanol–water partition coefficient (Wildman–Crippen LogP) is 4.36. The van der Waals surface area contributed by atoms with E-state index in [9.17, 15) is 19.0 Å². The van der Waals surface area contributed by atoms with Crippen molar-refractivity contribution in [3.63, 3.8) is 0 Å². The number of anilines is 1. The van der Waals surface area contributed by atoms with Gasteiger partial charge in [-0.1, -0.05) is 47.2 Å². The van der Waals surface area contributed by atoms with Crippen LogP contribution in [-0.2, 0) is 0 Å². The van der Waals surface area contributed by atoms with E-state index in [0.717, 1.165) is 4.68 Å². The van der Waals surface area contributed by atoms with Crippen LogP contribution in [0.2, 0.25) is 0 Å². The third kappa shape index (κ3) is 3.60. The summed E-state index contributed by atoms with van der Waals surface area (Å²) < 4.78 is 26.3. The summed E-state index contributed by atoms with van der Waals surface area (Å²) in [6, 6.07) is 21.9. The summed E-state index contributed by atoms with van der Waals surface area (Å²) in [6.07, 6.45) is 1.43. The zero-order valence-electron chi connectivity index (χ0n) is 17.5. The molecule has 4 N–H and O–H groups in total. The van der Waals surface area contributed by atoms with E-state index in [1.165, 1.54) is 12.3 Å². The third-order valence-electron chi connectivity index (χ3n) is 5.26. The summed E-state index contributed by atoms with van der Waals surface area (Å²) in [6.45, 7) is 0. The normalized spacial score (nSPS) is 15.3. The van der Waals surface area contributed by atoms with Crippen molar-refractivity contribution < 1.29 is 14.2 Å². The van der Waals surface area contributed by atoms with Crippen LogP contribution in [-0.4, -0.2) is 30.9 Å². The lowest BCUT2D eigenvalue weighted by Crippen LogP contribution is -2.31. The molecule has 0 saturated heterocycles. The molecule has 9 nitrogen and oxygen atoms in total. The largest absolute Gasteiger partial charge is 0.506 e. The highest BCUT2D eigenvalue weighted by molar-refractivity contribution is 8.23. The molecule has 3 aromatic carbocycles. The van der Waals surface area contributed by atoms with Crippen molar-refractivity contribution in [1.82, 2.24) is 4.68 Å². The summed E-state index contributed by atoms with van der Waals surface area (Å²) >= 11 is 0. The maximum absolute atomic E-state index is 13.5. The molecule has 4 aromatic rings. The van der Waals surface area contributed by atoms with E-state index in [-0.39, 0.29) is 22.0 Å². The molecule has 0 fully saturated rings. The van der Waals surface area contributed by atoms with Crippen LogP contribution >= 0.6 is 10.8 Å². The molecule has 1 aliphatic heterocycles. The fourth-order valence-corrected chi connectivity index (χ4v) is 4.86. The number of hydrogen-bond acceptors (Lipinski definition) is 8. The van der Waals surface area contributed by atoms with Crippen LogP contribution in [0.1, 0.15) is 16.7 Å². The summed E-state index contributed by atoms with van der Waals surface area (Å²) in [5.41, 5.74) is 0.770. The van der Waals surface area contributed by atoms with Gasteiger partial charge >= 0.3 is 0 Å². The Balaban J connectivity index is 1.72. The molecule has 0 aliphatic carbocycles. The highest BCUT2D eigenvalue weighted by Crippen LogP contribution is 2.55. The molecule has 0 radical (unpaired) electrons. The van der Waals surface area contributed by atoms with Gasteiger partial charge in [-0.15, -0.1) is 4.40 Å². The Morgan fingerprint density at radius 3 is 2.65 bits per heavy atom. The topological polar surface area (TPSA) is 143 Å². The van der Waals surface area contributed by atoms with Gasteiger partial charge in [-0.05, 0) is 42.0 Å². The molecule has 0 unspecified atom stereocenters. The minimum Gasteiger partial charge on any atom is -0.506 e. The number of para-hydroxylation sites is 2. The van der Waals surface area contributed by atoms with Gasteiger partial charge in [0.25, 0.3) is 5.56 Å². The van der Waals surface area contributed by atoms with Crippen LogP contribution in [0.4, 0.5) is 5.69 Å². The van der Waals surface area contributed by atoms with Crippen molar-refractivity contribution in [3.05, 3.63) is 99.8 Å². The quantitative estimate of drug-likeness (QED) is 0.327. The lowest BCUT2D eigenvalue weighted by Gasteiger charge is -2.34. The first-order chi connectivity index (χ1) is 16.4. The minimum atomic E-state index is -3.60. The summed E-state index contributed by atoms with van der Waals surface area (Å²) in [5, 5.41) is 27.7. The van der Waals surface area contributed by atoms with E-state index in [1.807, 2.05) is 6.07 Å². The zero-order chi connectivity index (χ0) is 23.9. The smallest absolute Gasteiger partial charge is 0.286 e. The van der Waals surface area contributed by atoms with E-state index in [2.05, 4.69) is 14.8 Å². The first-order valence-corrected chi connectivity index (χ1v) is 11.6. The Morgan fingerprint density at radius 1 is 1.06 bits per heavy atom. The molecule has 0 bridgehead atoms. The Morgan fingerprint density at radius 2 is 1.82 bits per heavy atom. The lowest BCUT2D eigenvalue weighted by atomic mass is 10.1. The van der Waals surface area contributed by atoms with Crippen LogP contribution in [0.25, 0.3) is 10.9 Å². The Kier molecular flexibility index (Phi) is 5.14. The highest BCUT2D eigenvalue weighted by Gasteiger charge is 2.30. The molecule has 168 valence electrons. The van der Waals surface area contributed by atoms with E-state index in [4.69, 9.17) is 5.26 Å². The molecule has 0 atom stereocenters. The van der Waals surface area contributed by atoms with Crippen molar-refractivity contribution >= 4 is 39.4 Å². The zero-order valence-corrected chi connectivity index (χ0v) is 18.3. The molecule has 0 amide bonds. The Hall–Kier alpha value is -4.43. The van der Waals surface area contributed by atoms with Crippen LogP contribution in [0.15, 0.2) is 92.0 Å². The average molecular weight is 471 g/mol. The van der Waals surface area contributed by atoms with Crippen LogP contribution < -0.4 is 10.9 Å². The SMILES string of the molecule is N#Cc1cccc(C=Nn2c(=O)c(C3=NS(O)(O)c4ccccc4N3)c(O)c3ccccc32)c1. The number of nitrogens with zero attached hydrogens (tertiary/aromatic N) is 4.